The van der Waals surface area contributed by atoms with Gasteiger partial charge in [0.1, 0.15) is 5.75 Å². The lowest BCUT2D eigenvalue weighted by molar-refractivity contribution is 0.441. The lowest BCUT2D eigenvalue weighted by Crippen LogP contribution is -2.05. The maximum Gasteiger partial charge on any atom is 0.328 e. The number of hydrogen-bond acceptors (Lipinski definition) is 8. The number of aromatic nitrogens is 3. The summed E-state index contributed by atoms with van der Waals surface area (Å²) < 4.78 is 5.94. The molecule has 0 bridgehead atoms. The summed E-state index contributed by atoms with van der Waals surface area (Å²) in [5.74, 6) is 1.22. The Kier molecular flexibility index (Phi) is 7.66. The van der Waals surface area contributed by atoms with E-state index in [-0.39, 0.29) is 6.01 Å². The van der Waals surface area contributed by atoms with Crippen molar-refractivity contribution in [1.82, 2.24) is 15.0 Å². The smallest absolute Gasteiger partial charge is 0.328 e. The minimum atomic E-state index is 0.134. The third kappa shape index (κ3) is 6.63. The number of anilines is 4. The number of nitriles is 2. The molecule has 204 valence electrons. The molecule has 5 aromatic carbocycles. The highest BCUT2D eigenvalue weighted by atomic mass is 16.5. The molecule has 6 aromatic rings. The van der Waals surface area contributed by atoms with Gasteiger partial charge in [0.25, 0.3) is 0 Å². The van der Waals surface area contributed by atoms with Gasteiger partial charge in [0.05, 0.1) is 23.3 Å². The van der Waals surface area contributed by atoms with E-state index in [1.54, 1.807) is 24.3 Å². The van der Waals surface area contributed by atoms with Gasteiger partial charge in [0.15, 0.2) is 0 Å². The molecule has 0 aliphatic carbocycles. The van der Waals surface area contributed by atoms with Crippen LogP contribution in [0.5, 0.6) is 11.8 Å². The number of para-hydroxylation sites is 1. The molecule has 0 saturated heterocycles. The Labute approximate surface area is 248 Å². The number of benzene rings is 5. The van der Waals surface area contributed by atoms with Crippen LogP contribution < -0.4 is 15.4 Å². The van der Waals surface area contributed by atoms with Crippen LogP contribution in [0.2, 0.25) is 0 Å². The Morgan fingerprint density at radius 1 is 0.465 bits per heavy atom. The predicted octanol–water partition coefficient (Wildman–Crippen LogP) is 8.23. The monoisotopic (exact) mass is 557 g/mol. The third-order valence-electron chi connectivity index (χ3n) is 6.54. The molecule has 0 atom stereocenters. The first kappa shape index (κ1) is 26.7. The van der Waals surface area contributed by atoms with E-state index in [1.165, 1.54) is 0 Å². The molecule has 0 amide bonds. The summed E-state index contributed by atoms with van der Waals surface area (Å²) in [5, 5.41) is 24.6. The first-order valence-corrected chi connectivity index (χ1v) is 13.4. The molecular formula is C35H23N7O. The van der Waals surface area contributed by atoms with Crippen molar-refractivity contribution in [2.45, 2.75) is 0 Å². The van der Waals surface area contributed by atoms with E-state index >= 15 is 0 Å². The van der Waals surface area contributed by atoms with E-state index in [1.807, 2.05) is 103 Å². The molecule has 1 heterocycles. The molecule has 8 nitrogen and oxygen atoms in total. The SMILES string of the molecule is N#Cc1ccc(-c2ccc(Nc3nc(Nc4ccc(-c5ccc(C#N)cc5)cc4)nc(Oc4ccccc4)n3)cc2)cc1. The normalized spacial score (nSPS) is 10.3. The van der Waals surface area contributed by atoms with Crippen LogP contribution in [-0.2, 0) is 0 Å². The van der Waals surface area contributed by atoms with Gasteiger partial charge >= 0.3 is 6.01 Å². The zero-order valence-corrected chi connectivity index (χ0v) is 22.8. The maximum atomic E-state index is 9.05. The zero-order chi connectivity index (χ0) is 29.4. The maximum absolute atomic E-state index is 9.05. The molecule has 0 fully saturated rings. The van der Waals surface area contributed by atoms with E-state index in [0.717, 1.165) is 33.6 Å². The molecule has 43 heavy (non-hydrogen) atoms. The average Bonchev–Trinajstić information content (AvgIpc) is 3.06. The number of nitrogens with zero attached hydrogens (tertiary/aromatic N) is 5. The van der Waals surface area contributed by atoms with Crippen LogP contribution in [0, 0.1) is 22.7 Å². The van der Waals surface area contributed by atoms with Crippen LogP contribution in [0.25, 0.3) is 22.3 Å². The van der Waals surface area contributed by atoms with Gasteiger partial charge in [-0.1, -0.05) is 66.7 Å². The van der Waals surface area contributed by atoms with Gasteiger partial charge in [-0.2, -0.15) is 25.5 Å². The van der Waals surface area contributed by atoms with Crippen molar-refractivity contribution in [3.63, 3.8) is 0 Å². The highest BCUT2D eigenvalue weighted by Crippen LogP contribution is 2.27. The summed E-state index contributed by atoms with van der Waals surface area (Å²) in [6, 6.07) is 44.3. The van der Waals surface area contributed by atoms with Gasteiger partial charge in [0.2, 0.25) is 11.9 Å². The van der Waals surface area contributed by atoms with Crippen LogP contribution in [0.1, 0.15) is 11.1 Å². The molecule has 6 rings (SSSR count). The number of nitrogens with one attached hydrogen (secondary N) is 2. The van der Waals surface area contributed by atoms with Gasteiger partial charge in [-0.05, 0) is 82.9 Å². The van der Waals surface area contributed by atoms with E-state index in [9.17, 15) is 0 Å². The van der Waals surface area contributed by atoms with Crippen molar-refractivity contribution >= 4 is 23.3 Å². The van der Waals surface area contributed by atoms with Gasteiger partial charge in [-0.3, -0.25) is 0 Å². The molecule has 0 aliphatic heterocycles. The van der Waals surface area contributed by atoms with Crippen molar-refractivity contribution in [2.24, 2.45) is 0 Å². The lowest BCUT2D eigenvalue weighted by Gasteiger charge is -2.12. The second kappa shape index (κ2) is 12.3. The number of hydrogen-bond donors (Lipinski definition) is 2. The van der Waals surface area contributed by atoms with Crippen LogP contribution >= 0.6 is 0 Å². The van der Waals surface area contributed by atoms with E-state index < -0.39 is 0 Å². The Balaban J connectivity index is 1.23. The van der Waals surface area contributed by atoms with Gasteiger partial charge in [-0.15, -0.1) is 0 Å². The summed E-state index contributed by atoms with van der Waals surface area (Å²) >= 11 is 0. The van der Waals surface area contributed by atoms with Crippen LogP contribution in [0.4, 0.5) is 23.3 Å². The third-order valence-corrected chi connectivity index (χ3v) is 6.54. The molecule has 0 saturated carbocycles. The topological polar surface area (TPSA) is 120 Å². The fourth-order valence-corrected chi connectivity index (χ4v) is 4.33. The second-order valence-electron chi connectivity index (χ2n) is 9.46. The molecule has 8 heteroatoms. The van der Waals surface area contributed by atoms with Gasteiger partial charge in [0, 0.05) is 11.4 Å². The molecule has 0 spiro atoms. The van der Waals surface area contributed by atoms with Gasteiger partial charge < -0.3 is 15.4 Å². The summed E-state index contributed by atoms with van der Waals surface area (Å²) in [6.45, 7) is 0. The molecule has 0 unspecified atom stereocenters. The number of rotatable bonds is 8. The van der Waals surface area contributed by atoms with E-state index in [0.29, 0.717) is 28.8 Å². The summed E-state index contributed by atoms with van der Waals surface area (Å²) in [5.41, 5.74) is 6.88. The average molecular weight is 558 g/mol. The Bertz CT molecular complexity index is 1800. The summed E-state index contributed by atoms with van der Waals surface area (Å²) in [7, 11) is 0. The molecule has 0 aliphatic rings. The second-order valence-corrected chi connectivity index (χ2v) is 9.46. The molecule has 1 aromatic heterocycles. The predicted molar refractivity (Wildman–Crippen MR) is 166 cm³/mol. The Hall–Kier alpha value is -6.51. The lowest BCUT2D eigenvalue weighted by atomic mass is 10.0. The van der Waals surface area contributed by atoms with Crippen molar-refractivity contribution in [2.75, 3.05) is 10.6 Å². The fourth-order valence-electron chi connectivity index (χ4n) is 4.33. The summed E-state index contributed by atoms with van der Waals surface area (Å²) in [6.07, 6.45) is 0. The van der Waals surface area contributed by atoms with Crippen molar-refractivity contribution < 1.29 is 4.74 Å². The van der Waals surface area contributed by atoms with Crippen molar-refractivity contribution in [3.8, 4) is 46.2 Å². The molecular weight excluding hydrogens is 534 g/mol. The zero-order valence-electron chi connectivity index (χ0n) is 22.8. The van der Waals surface area contributed by atoms with Crippen LogP contribution in [0.15, 0.2) is 127 Å². The number of ether oxygens (including phenoxy) is 1. The highest BCUT2D eigenvalue weighted by molar-refractivity contribution is 5.69. The fraction of sp³-hybridized carbons (Fsp3) is 0. The minimum absolute atomic E-state index is 0.134. The highest BCUT2D eigenvalue weighted by Gasteiger charge is 2.11. The molecule has 2 N–H and O–H groups in total. The first-order chi connectivity index (χ1) is 21.1. The van der Waals surface area contributed by atoms with Crippen molar-refractivity contribution in [1.29, 1.82) is 10.5 Å². The van der Waals surface area contributed by atoms with E-state index in [2.05, 4.69) is 37.7 Å². The van der Waals surface area contributed by atoms with Crippen LogP contribution in [-0.4, -0.2) is 15.0 Å². The first-order valence-electron chi connectivity index (χ1n) is 13.4. The minimum Gasteiger partial charge on any atom is -0.424 e. The van der Waals surface area contributed by atoms with E-state index in [4.69, 9.17) is 15.3 Å². The molecule has 0 radical (unpaired) electrons. The van der Waals surface area contributed by atoms with Crippen molar-refractivity contribution in [3.05, 3.63) is 139 Å². The van der Waals surface area contributed by atoms with Crippen LogP contribution in [0.3, 0.4) is 0 Å². The Morgan fingerprint density at radius 2 is 0.860 bits per heavy atom. The standard InChI is InChI=1S/C35H23N7O/c36-22-24-6-10-26(11-7-24)28-14-18-30(19-15-28)38-33-40-34(42-35(41-33)43-32-4-2-1-3-5-32)39-31-20-16-29(17-21-31)27-12-8-25(23-37)9-13-27/h1-21H,(H2,38,39,40,41,42). The quantitative estimate of drug-likeness (QED) is 0.192. The largest absolute Gasteiger partial charge is 0.424 e. The summed E-state index contributed by atoms with van der Waals surface area (Å²) in [4.78, 5) is 13.5. The Morgan fingerprint density at radius 3 is 1.26 bits per heavy atom. The van der Waals surface area contributed by atoms with Gasteiger partial charge in [-0.25, -0.2) is 0 Å².